The summed E-state index contributed by atoms with van der Waals surface area (Å²) in [4.78, 5) is 28.5. The van der Waals surface area contributed by atoms with Crippen LogP contribution in [0.3, 0.4) is 0 Å². The summed E-state index contributed by atoms with van der Waals surface area (Å²) in [6, 6.07) is 13.5. The fraction of sp³-hybridized carbons (Fsp3) is 0.391. The fourth-order valence-corrected chi connectivity index (χ4v) is 3.59. The Kier molecular flexibility index (Phi) is 5.53. The molecule has 2 aromatic rings. The van der Waals surface area contributed by atoms with E-state index in [9.17, 15) is 9.59 Å². The first-order valence-corrected chi connectivity index (χ1v) is 10.3. The lowest BCUT2D eigenvalue weighted by molar-refractivity contribution is -0.130. The molecule has 1 saturated carbocycles. The van der Waals surface area contributed by atoms with Crippen LogP contribution in [0, 0.1) is 0 Å². The Bertz CT molecular complexity index is 955. The van der Waals surface area contributed by atoms with Crippen LogP contribution >= 0.6 is 0 Å². The third-order valence-electron chi connectivity index (χ3n) is 5.34. The minimum atomic E-state index is -0.281. The number of rotatable bonds is 7. The van der Waals surface area contributed by atoms with Gasteiger partial charge in [0.05, 0.1) is 12.2 Å². The van der Waals surface area contributed by atoms with Crippen LogP contribution in [0.4, 0.5) is 5.69 Å². The van der Waals surface area contributed by atoms with E-state index in [4.69, 9.17) is 9.47 Å². The van der Waals surface area contributed by atoms with Gasteiger partial charge in [0.1, 0.15) is 6.17 Å². The van der Waals surface area contributed by atoms with Gasteiger partial charge >= 0.3 is 0 Å². The summed E-state index contributed by atoms with van der Waals surface area (Å²) in [5, 5.41) is 3.52. The van der Waals surface area contributed by atoms with Crippen molar-refractivity contribution in [3.8, 4) is 11.5 Å². The van der Waals surface area contributed by atoms with Gasteiger partial charge in [-0.15, -0.1) is 0 Å². The minimum absolute atomic E-state index is 0.0479. The van der Waals surface area contributed by atoms with E-state index >= 15 is 0 Å². The predicted octanol–water partition coefficient (Wildman–Crippen LogP) is 3.28. The molecule has 0 bridgehead atoms. The fourth-order valence-electron chi connectivity index (χ4n) is 3.59. The maximum atomic E-state index is 13.2. The van der Waals surface area contributed by atoms with Gasteiger partial charge in [-0.2, -0.15) is 0 Å². The Labute approximate surface area is 176 Å². The van der Waals surface area contributed by atoms with Crippen LogP contribution in [0.1, 0.15) is 41.9 Å². The number of nitrogens with one attached hydrogen (secondary N) is 1. The Hall–Kier alpha value is -3.22. The van der Waals surface area contributed by atoms with E-state index in [-0.39, 0.29) is 30.6 Å². The highest BCUT2D eigenvalue weighted by Gasteiger charge is 2.42. The van der Waals surface area contributed by atoms with Crippen molar-refractivity contribution in [2.75, 3.05) is 32.6 Å². The van der Waals surface area contributed by atoms with Gasteiger partial charge in [0.15, 0.2) is 18.1 Å². The molecule has 2 aliphatic rings. The number of hydrogen-bond donors (Lipinski definition) is 1. The summed E-state index contributed by atoms with van der Waals surface area (Å²) >= 11 is 0. The summed E-state index contributed by atoms with van der Waals surface area (Å²) in [6.07, 6.45) is 1.74. The quantitative estimate of drug-likeness (QED) is 0.760. The first-order valence-electron chi connectivity index (χ1n) is 10.3. The molecule has 30 heavy (non-hydrogen) atoms. The molecule has 2 amide bonds. The lowest BCUT2D eigenvalue weighted by atomic mass is 10.0. The molecule has 0 unspecified atom stereocenters. The van der Waals surface area contributed by atoms with Crippen molar-refractivity contribution < 1.29 is 19.1 Å². The normalized spacial score (nSPS) is 17.8. The van der Waals surface area contributed by atoms with Crippen LogP contribution in [-0.4, -0.2) is 55.0 Å². The number of ether oxygens (including phenoxy) is 2. The molecule has 1 aliphatic carbocycles. The number of para-hydroxylation sites is 1. The zero-order valence-electron chi connectivity index (χ0n) is 17.6. The van der Waals surface area contributed by atoms with E-state index in [1.165, 1.54) is 4.90 Å². The van der Waals surface area contributed by atoms with Crippen molar-refractivity contribution in [3.05, 3.63) is 53.6 Å². The number of amides is 2. The van der Waals surface area contributed by atoms with Crippen LogP contribution in [0.15, 0.2) is 42.5 Å². The van der Waals surface area contributed by atoms with Gasteiger partial charge in [-0.05, 0) is 49.6 Å². The highest BCUT2D eigenvalue weighted by molar-refractivity contribution is 6.02. The van der Waals surface area contributed by atoms with Crippen molar-refractivity contribution in [2.45, 2.75) is 32.0 Å². The number of anilines is 1. The first kappa shape index (κ1) is 20.1. The molecule has 7 heteroatoms. The van der Waals surface area contributed by atoms with E-state index in [0.29, 0.717) is 23.7 Å². The van der Waals surface area contributed by atoms with E-state index in [0.717, 1.165) is 24.1 Å². The number of carbonyl (C=O) groups excluding carboxylic acids is 2. The average molecular weight is 409 g/mol. The number of nitrogens with zero attached hydrogens (tertiary/aromatic N) is 2. The molecule has 0 radical (unpaired) electrons. The maximum absolute atomic E-state index is 13.2. The van der Waals surface area contributed by atoms with Gasteiger partial charge in [-0.3, -0.25) is 9.59 Å². The summed E-state index contributed by atoms with van der Waals surface area (Å²) < 4.78 is 11.5. The second-order valence-corrected chi connectivity index (χ2v) is 7.75. The number of hydrogen-bond acceptors (Lipinski definition) is 5. The van der Waals surface area contributed by atoms with Gasteiger partial charge in [0.2, 0.25) is 0 Å². The molecule has 4 rings (SSSR count). The molecule has 0 spiro atoms. The van der Waals surface area contributed by atoms with Gasteiger partial charge in [0.25, 0.3) is 11.8 Å². The Morgan fingerprint density at radius 1 is 1.13 bits per heavy atom. The minimum Gasteiger partial charge on any atom is -0.490 e. The molecule has 1 fully saturated rings. The first-order chi connectivity index (χ1) is 14.5. The SMILES string of the molecule is CCOc1cc([C@@H]2Nc3ccccc3C(=O)N2C2CC2)ccc1OCC(=O)N(C)C. The van der Waals surface area contributed by atoms with E-state index in [1.54, 1.807) is 20.2 Å². The average Bonchev–Trinajstić information content (AvgIpc) is 3.57. The zero-order valence-corrected chi connectivity index (χ0v) is 17.6. The van der Waals surface area contributed by atoms with Crippen molar-refractivity contribution >= 4 is 17.5 Å². The Balaban J connectivity index is 1.64. The molecule has 7 nitrogen and oxygen atoms in total. The van der Waals surface area contributed by atoms with Crippen LogP contribution in [-0.2, 0) is 4.79 Å². The van der Waals surface area contributed by atoms with Crippen molar-refractivity contribution in [1.82, 2.24) is 9.80 Å². The smallest absolute Gasteiger partial charge is 0.259 e. The predicted molar refractivity (Wildman–Crippen MR) is 114 cm³/mol. The Morgan fingerprint density at radius 2 is 1.90 bits per heavy atom. The number of carbonyl (C=O) groups is 2. The van der Waals surface area contributed by atoms with Gasteiger partial charge in [0, 0.05) is 25.8 Å². The van der Waals surface area contributed by atoms with Crippen LogP contribution in [0.5, 0.6) is 11.5 Å². The molecular formula is C23H27N3O4. The standard InChI is InChI=1S/C23H27N3O4/c1-4-29-20-13-15(9-12-19(20)30-14-21(27)25(2)3)22-24-18-8-6-5-7-17(18)23(28)26(22)16-10-11-16/h5-9,12-13,16,22,24H,4,10-11,14H2,1-3H3/t22-/m1/s1. The molecule has 0 saturated heterocycles. The summed E-state index contributed by atoms with van der Waals surface area (Å²) in [5.41, 5.74) is 2.45. The third-order valence-corrected chi connectivity index (χ3v) is 5.34. The molecular weight excluding hydrogens is 382 g/mol. The molecule has 1 N–H and O–H groups in total. The van der Waals surface area contributed by atoms with Crippen LogP contribution in [0.25, 0.3) is 0 Å². The van der Waals surface area contributed by atoms with E-state index in [2.05, 4.69) is 5.32 Å². The number of benzene rings is 2. The van der Waals surface area contributed by atoms with Crippen molar-refractivity contribution in [3.63, 3.8) is 0 Å². The van der Waals surface area contributed by atoms with Crippen molar-refractivity contribution in [1.29, 1.82) is 0 Å². The maximum Gasteiger partial charge on any atom is 0.259 e. The summed E-state index contributed by atoms with van der Waals surface area (Å²) in [7, 11) is 3.38. The molecule has 0 aromatic heterocycles. The number of likely N-dealkylation sites (N-methyl/N-ethyl adjacent to an activating group) is 1. The summed E-state index contributed by atoms with van der Waals surface area (Å²) in [5.74, 6) is 0.992. The largest absolute Gasteiger partial charge is 0.490 e. The summed E-state index contributed by atoms with van der Waals surface area (Å²) in [6.45, 7) is 2.30. The van der Waals surface area contributed by atoms with E-state index < -0.39 is 0 Å². The molecule has 1 heterocycles. The van der Waals surface area contributed by atoms with Crippen molar-refractivity contribution in [2.24, 2.45) is 0 Å². The molecule has 1 aliphatic heterocycles. The van der Waals surface area contributed by atoms with Gasteiger partial charge < -0.3 is 24.6 Å². The highest BCUT2D eigenvalue weighted by Crippen LogP contribution is 2.42. The Morgan fingerprint density at radius 3 is 2.60 bits per heavy atom. The second kappa shape index (κ2) is 8.26. The third kappa shape index (κ3) is 3.92. The second-order valence-electron chi connectivity index (χ2n) is 7.75. The lowest BCUT2D eigenvalue weighted by Gasteiger charge is -2.38. The van der Waals surface area contributed by atoms with E-state index in [1.807, 2.05) is 48.2 Å². The topological polar surface area (TPSA) is 71.1 Å². The van der Waals surface area contributed by atoms with Crippen LogP contribution in [0.2, 0.25) is 0 Å². The molecule has 158 valence electrons. The number of fused-ring (bicyclic) bond motifs is 1. The zero-order chi connectivity index (χ0) is 21.3. The van der Waals surface area contributed by atoms with Gasteiger partial charge in [-0.1, -0.05) is 18.2 Å². The van der Waals surface area contributed by atoms with Gasteiger partial charge in [-0.25, -0.2) is 0 Å². The lowest BCUT2D eigenvalue weighted by Crippen LogP contribution is -2.44. The van der Waals surface area contributed by atoms with Crippen LogP contribution < -0.4 is 14.8 Å². The molecule has 1 atom stereocenters. The monoisotopic (exact) mass is 409 g/mol. The molecule has 2 aromatic carbocycles. The highest BCUT2D eigenvalue weighted by atomic mass is 16.5.